The fourth-order valence-corrected chi connectivity index (χ4v) is 5.01. The molecule has 1 aromatic rings. The number of thiophene rings is 1. The summed E-state index contributed by atoms with van der Waals surface area (Å²) in [6, 6.07) is 2.06. The minimum Gasteiger partial charge on any atom is -0.459 e. The van der Waals surface area contributed by atoms with Gasteiger partial charge in [-0.2, -0.15) is 0 Å². The Hall–Kier alpha value is -1.09. The van der Waals surface area contributed by atoms with E-state index in [0.717, 1.165) is 11.3 Å². The van der Waals surface area contributed by atoms with Gasteiger partial charge in [-0.25, -0.2) is 4.79 Å². The quantitative estimate of drug-likeness (QED) is 0.590. The first kappa shape index (κ1) is 14.8. The van der Waals surface area contributed by atoms with Crippen LogP contribution in [0.15, 0.2) is 17.5 Å². The Morgan fingerprint density at radius 2 is 2.19 bits per heavy atom. The van der Waals surface area contributed by atoms with Crippen LogP contribution in [0.1, 0.15) is 50.5 Å². The van der Waals surface area contributed by atoms with Gasteiger partial charge in [0, 0.05) is 16.4 Å². The fraction of sp³-hybridized carbons (Fsp3) is 0.611. The van der Waals surface area contributed by atoms with Crippen molar-refractivity contribution < 1.29 is 9.53 Å². The lowest BCUT2D eigenvalue weighted by molar-refractivity contribution is -0.150. The van der Waals surface area contributed by atoms with Gasteiger partial charge in [-0.05, 0) is 60.6 Å². The summed E-state index contributed by atoms with van der Waals surface area (Å²) < 4.78 is 5.80. The predicted octanol–water partition coefficient (Wildman–Crippen LogP) is 4.83. The maximum Gasteiger partial charge on any atom is 0.331 e. The third kappa shape index (κ3) is 2.26. The summed E-state index contributed by atoms with van der Waals surface area (Å²) in [5, 5.41) is 2.04. The molecule has 3 rings (SSSR count). The molecule has 21 heavy (non-hydrogen) atoms. The number of aryl methyl sites for hydroxylation is 1. The Balaban J connectivity index is 1.67. The minimum atomic E-state index is -0.197. The third-order valence-electron chi connectivity index (χ3n) is 6.24. The summed E-state index contributed by atoms with van der Waals surface area (Å²) >= 11 is 1.65. The number of carbonyl (C=O) groups is 1. The van der Waals surface area contributed by atoms with Gasteiger partial charge in [0.05, 0.1) is 0 Å². The van der Waals surface area contributed by atoms with Crippen LogP contribution >= 0.6 is 11.3 Å². The highest BCUT2D eigenvalue weighted by molar-refractivity contribution is 7.11. The van der Waals surface area contributed by atoms with Crippen molar-refractivity contribution in [3.8, 4) is 0 Å². The van der Waals surface area contributed by atoms with Gasteiger partial charge in [0.2, 0.25) is 0 Å². The minimum absolute atomic E-state index is 0.0767. The Bertz CT molecular complexity index is 584. The SMILES string of the molecule is Cc1ccsc1/C=C/C(=O)OC1CC2CCC1(C)C2(C)C. The maximum absolute atomic E-state index is 12.1. The molecule has 2 bridgehead atoms. The molecule has 1 aromatic heterocycles. The van der Waals surface area contributed by atoms with E-state index in [9.17, 15) is 4.79 Å². The van der Waals surface area contributed by atoms with E-state index in [2.05, 4.69) is 33.8 Å². The van der Waals surface area contributed by atoms with Crippen LogP contribution < -0.4 is 0 Å². The van der Waals surface area contributed by atoms with Crippen LogP contribution in [0, 0.1) is 23.7 Å². The molecule has 3 heteroatoms. The smallest absolute Gasteiger partial charge is 0.331 e. The normalized spacial score (nSPS) is 33.7. The molecule has 1 heterocycles. The molecule has 2 saturated carbocycles. The number of fused-ring (bicyclic) bond motifs is 2. The second-order valence-electron chi connectivity index (χ2n) is 7.34. The lowest BCUT2D eigenvalue weighted by Gasteiger charge is -2.38. The van der Waals surface area contributed by atoms with Gasteiger partial charge in [-0.15, -0.1) is 11.3 Å². The number of hydrogen-bond donors (Lipinski definition) is 0. The topological polar surface area (TPSA) is 26.3 Å². The first-order valence-corrected chi connectivity index (χ1v) is 8.65. The van der Waals surface area contributed by atoms with E-state index in [0.29, 0.717) is 5.92 Å². The van der Waals surface area contributed by atoms with Crippen LogP contribution in [-0.4, -0.2) is 12.1 Å². The van der Waals surface area contributed by atoms with Crippen molar-refractivity contribution in [3.63, 3.8) is 0 Å². The number of carbonyl (C=O) groups excluding carboxylic acids is 1. The molecule has 0 aromatic carbocycles. The number of hydrogen-bond acceptors (Lipinski definition) is 3. The van der Waals surface area contributed by atoms with E-state index in [4.69, 9.17) is 4.74 Å². The van der Waals surface area contributed by atoms with Gasteiger partial charge >= 0.3 is 5.97 Å². The van der Waals surface area contributed by atoms with E-state index >= 15 is 0 Å². The molecule has 3 unspecified atom stereocenters. The molecular formula is C18H24O2S. The highest BCUT2D eigenvalue weighted by atomic mass is 32.1. The third-order valence-corrected chi connectivity index (χ3v) is 7.23. The molecule has 2 nitrogen and oxygen atoms in total. The molecule has 2 aliphatic rings. The van der Waals surface area contributed by atoms with Gasteiger partial charge in [-0.3, -0.25) is 0 Å². The van der Waals surface area contributed by atoms with Crippen molar-refractivity contribution in [1.82, 2.24) is 0 Å². The second kappa shape index (κ2) is 4.98. The van der Waals surface area contributed by atoms with Crippen molar-refractivity contribution in [2.24, 2.45) is 16.7 Å². The summed E-state index contributed by atoms with van der Waals surface area (Å²) in [4.78, 5) is 13.3. The Labute approximate surface area is 131 Å². The highest BCUT2D eigenvalue weighted by Crippen LogP contribution is 2.66. The van der Waals surface area contributed by atoms with E-state index in [-0.39, 0.29) is 22.9 Å². The molecule has 0 spiro atoms. The molecule has 0 saturated heterocycles. The van der Waals surface area contributed by atoms with Crippen LogP contribution in [-0.2, 0) is 9.53 Å². The van der Waals surface area contributed by atoms with Gasteiger partial charge in [-0.1, -0.05) is 20.8 Å². The van der Waals surface area contributed by atoms with Gasteiger partial charge in [0.25, 0.3) is 0 Å². The van der Waals surface area contributed by atoms with Gasteiger partial charge < -0.3 is 4.74 Å². The molecule has 3 atom stereocenters. The standard InChI is InChI=1S/C18H24O2S/c1-12-8-10-21-14(12)5-6-16(19)20-15-11-13-7-9-18(15,4)17(13,2)3/h5-6,8,10,13,15H,7,9,11H2,1-4H3/b6-5+. The molecule has 0 aliphatic heterocycles. The van der Waals surface area contributed by atoms with Gasteiger partial charge in [0.1, 0.15) is 6.10 Å². The van der Waals surface area contributed by atoms with Crippen molar-refractivity contribution in [2.45, 2.75) is 53.1 Å². The lowest BCUT2D eigenvalue weighted by atomic mass is 9.70. The van der Waals surface area contributed by atoms with E-state index in [1.54, 1.807) is 17.4 Å². The average Bonchev–Trinajstić information content (AvgIpc) is 2.98. The van der Waals surface area contributed by atoms with E-state index < -0.39 is 0 Å². The zero-order valence-corrected chi connectivity index (χ0v) is 14.1. The lowest BCUT2D eigenvalue weighted by Crippen LogP contribution is -2.38. The van der Waals surface area contributed by atoms with Crippen LogP contribution in [0.4, 0.5) is 0 Å². The Morgan fingerprint density at radius 3 is 2.71 bits per heavy atom. The van der Waals surface area contributed by atoms with Crippen molar-refractivity contribution in [2.75, 3.05) is 0 Å². The monoisotopic (exact) mass is 304 g/mol. The van der Waals surface area contributed by atoms with Crippen LogP contribution in [0.3, 0.4) is 0 Å². The van der Waals surface area contributed by atoms with Gasteiger partial charge in [0.15, 0.2) is 0 Å². The maximum atomic E-state index is 12.1. The zero-order valence-electron chi connectivity index (χ0n) is 13.3. The second-order valence-corrected chi connectivity index (χ2v) is 8.28. The van der Waals surface area contributed by atoms with Crippen molar-refractivity contribution in [1.29, 1.82) is 0 Å². The molecule has 2 fully saturated rings. The molecule has 0 N–H and O–H groups in total. The van der Waals surface area contributed by atoms with Crippen LogP contribution in [0.5, 0.6) is 0 Å². The Morgan fingerprint density at radius 1 is 1.43 bits per heavy atom. The summed E-state index contributed by atoms with van der Waals surface area (Å²) in [7, 11) is 0. The predicted molar refractivity (Wildman–Crippen MR) is 87.2 cm³/mol. The van der Waals surface area contributed by atoms with E-state index in [1.165, 1.54) is 18.4 Å². The summed E-state index contributed by atoms with van der Waals surface area (Å²) in [5.41, 5.74) is 1.63. The molecular weight excluding hydrogens is 280 g/mol. The summed E-state index contributed by atoms with van der Waals surface area (Å²) in [5.74, 6) is 0.501. The number of esters is 1. The van der Waals surface area contributed by atoms with Crippen molar-refractivity contribution >= 4 is 23.4 Å². The zero-order chi connectivity index (χ0) is 15.3. The first-order valence-electron chi connectivity index (χ1n) is 7.77. The van der Waals surface area contributed by atoms with Crippen molar-refractivity contribution in [3.05, 3.63) is 28.0 Å². The number of rotatable bonds is 3. The number of ether oxygens (including phenoxy) is 1. The molecule has 0 radical (unpaired) electrons. The largest absolute Gasteiger partial charge is 0.459 e. The average molecular weight is 304 g/mol. The molecule has 2 aliphatic carbocycles. The Kier molecular flexibility index (Phi) is 3.52. The first-order chi connectivity index (χ1) is 9.84. The van der Waals surface area contributed by atoms with Crippen LogP contribution in [0.25, 0.3) is 6.08 Å². The van der Waals surface area contributed by atoms with E-state index in [1.807, 2.05) is 11.5 Å². The van der Waals surface area contributed by atoms with Crippen LogP contribution in [0.2, 0.25) is 0 Å². The molecule has 0 amide bonds. The fourth-order valence-electron chi connectivity index (χ4n) is 4.19. The highest BCUT2D eigenvalue weighted by Gasteiger charge is 2.62. The summed E-state index contributed by atoms with van der Waals surface area (Å²) in [6.07, 6.45) is 7.02. The summed E-state index contributed by atoms with van der Waals surface area (Å²) in [6.45, 7) is 9.03. The molecule has 114 valence electrons.